The summed E-state index contributed by atoms with van der Waals surface area (Å²) < 4.78 is 0. The van der Waals surface area contributed by atoms with Crippen molar-refractivity contribution in [3.63, 3.8) is 0 Å². The van der Waals surface area contributed by atoms with Crippen molar-refractivity contribution >= 4 is 0 Å². The number of hydrogen-bond donors (Lipinski definition) is 0. The highest BCUT2D eigenvalue weighted by atomic mass is 14.1. The van der Waals surface area contributed by atoms with E-state index in [1.807, 2.05) is 0 Å². The van der Waals surface area contributed by atoms with Crippen LogP contribution in [0.15, 0.2) is 59.3 Å². The molecule has 0 atom stereocenters. The van der Waals surface area contributed by atoms with Gasteiger partial charge in [0.1, 0.15) is 0 Å². The Labute approximate surface area is 79.7 Å². The Balaban J connectivity index is 2.23. The van der Waals surface area contributed by atoms with Crippen LogP contribution >= 0.6 is 0 Å². The normalized spacial score (nSPS) is 26.4. The second-order valence-electron chi connectivity index (χ2n) is 3.38. The minimum absolute atomic E-state index is 1.06. The van der Waals surface area contributed by atoms with Gasteiger partial charge < -0.3 is 0 Å². The largest absolute Gasteiger partial charge is 0.0801 e. The predicted octanol–water partition coefficient (Wildman–Crippen LogP) is 3.52. The van der Waals surface area contributed by atoms with Crippen molar-refractivity contribution in [3.8, 4) is 0 Å². The van der Waals surface area contributed by atoms with Crippen molar-refractivity contribution in [3.05, 3.63) is 65.7 Å². The van der Waals surface area contributed by atoms with E-state index in [-0.39, 0.29) is 0 Å². The summed E-state index contributed by atoms with van der Waals surface area (Å²) in [5.41, 5.74) is 4.06. The molecule has 0 aliphatic heterocycles. The third kappa shape index (κ3) is 1.89. The minimum atomic E-state index is 1.06. The quantitative estimate of drug-likeness (QED) is 0.520. The summed E-state index contributed by atoms with van der Waals surface area (Å²) in [5, 5.41) is 0. The second kappa shape index (κ2) is 3.61. The summed E-state index contributed by atoms with van der Waals surface area (Å²) >= 11 is 0. The molecular formula is C13H13. The number of rotatable bonds is 0. The SMILES string of the molecule is CC1=C[CH]/C(=C2\C=CC=CC2)C=C1. The van der Waals surface area contributed by atoms with Crippen LogP contribution in [0.1, 0.15) is 13.3 Å². The van der Waals surface area contributed by atoms with Crippen LogP contribution in [0.3, 0.4) is 0 Å². The van der Waals surface area contributed by atoms with Crippen LogP contribution in [0.5, 0.6) is 0 Å². The maximum atomic E-state index is 2.19. The van der Waals surface area contributed by atoms with E-state index < -0.39 is 0 Å². The highest BCUT2D eigenvalue weighted by molar-refractivity contribution is 5.49. The van der Waals surface area contributed by atoms with Gasteiger partial charge in [0.25, 0.3) is 0 Å². The van der Waals surface area contributed by atoms with Gasteiger partial charge in [-0.25, -0.2) is 0 Å². The van der Waals surface area contributed by atoms with Gasteiger partial charge in [-0.2, -0.15) is 0 Å². The predicted molar refractivity (Wildman–Crippen MR) is 57.1 cm³/mol. The summed E-state index contributed by atoms with van der Waals surface area (Å²) in [6.45, 7) is 2.12. The molecule has 0 nitrogen and oxygen atoms in total. The molecule has 0 fully saturated rings. The van der Waals surface area contributed by atoms with E-state index in [4.69, 9.17) is 0 Å². The molecule has 0 spiro atoms. The molecule has 2 rings (SSSR count). The zero-order valence-corrected chi connectivity index (χ0v) is 7.83. The maximum Gasteiger partial charge on any atom is 0.0130 e. The van der Waals surface area contributed by atoms with E-state index in [0.717, 1.165) is 6.42 Å². The minimum Gasteiger partial charge on any atom is -0.0801 e. The van der Waals surface area contributed by atoms with E-state index in [2.05, 4.69) is 55.9 Å². The lowest BCUT2D eigenvalue weighted by molar-refractivity contribution is 1.21. The Morgan fingerprint density at radius 2 is 2.00 bits per heavy atom. The van der Waals surface area contributed by atoms with Gasteiger partial charge in [-0.15, -0.1) is 0 Å². The molecule has 2 aliphatic carbocycles. The van der Waals surface area contributed by atoms with Crippen LogP contribution in [-0.2, 0) is 0 Å². The lowest BCUT2D eigenvalue weighted by Gasteiger charge is -2.11. The van der Waals surface area contributed by atoms with Crippen molar-refractivity contribution in [1.82, 2.24) is 0 Å². The van der Waals surface area contributed by atoms with Gasteiger partial charge in [0, 0.05) is 6.42 Å². The zero-order valence-electron chi connectivity index (χ0n) is 7.83. The molecule has 0 unspecified atom stereocenters. The molecule has 0 N–H and O–H groups in total. The molecular weight excluding hydrogens is 156 g/mol. The van der Waals surface area contributed by atoms with Gasteiger partial charge in [-0.05, 0) is 24.5 Å². The lowest BCUT2D eigenvalue weighted by Crippen LogP contribution is -1.92. The van der Waals surface area contributed by atoms with Crippen LogP contribution in [0.25, 0.3) is 0 Å². The zero-order chi connectivity index (χ0) is 9.10. The Morgan fingerprint density at radius 3 is 2.62 bits per heavy atom. The van der Waals surface area contributed by atoms with E-state index in [0.29, 0.717) is 0 Å². The molecule has 13 heavy (non-hydrogen) atoms. The fraction of sp³-hybridized carbons (Fsp3) is 0.154. The van der Waals surface area contributed by atoms with Gasteiger partial charge in [-0.1, -0.05) is 48.1 Å². The first-order valence-corrected chi connectivity index (χ1v) is 4.62. The summed E-state index contributed by atoms with van der Waals surface area (Å²) in [4.78, 5) is 0. The lowest BCUT2D eigenvalue weighted by atomic mass is 9.94. The summed E-state index contributed by atoms with van der Waals surface area (Å²) in [6, 6.07) is 0. The molecule has 0 heterocycles. The Kier molecular flexibility index (Phi) is 2.31. The van der Waals surface area contributed by atoms with Gasteiger partial charge in [-0.3, -0.25) is 0 Å². The van der Waals surface area contributed by atoms with Crippen LogP contribution in [0, 0.1) is 6.42 Å². The monoisotopic (exact) mass is 169 g/mol. The van der Waals surface area contributed by atoms with Gasteiger partial charge in [0.2, 0.25) is 0 Å². The maximum absolute atomic E-state index is 2.19. The van der Waals surface area contributed by atoms with Gasteiger partial charge in [0.05, 0.1) is 0 Å². The van der Waals surface area contributed by atoms with Crippen LogP contribution in [-0.4, -0.2) is 0 Å². The molecule has 0 aromatic heterocycles. The fourth-order valence-electron chi connectivity index (χ4n) is 1.50. The second-order valence-corrected chi connectivity index (χ2v) is 3.38. The highest BCUT2D eigenvalue weighted by Gasteiger charge is 2.04. The first-order valence-electron chi connectivity index (χ1n) is 4.62. The highest BCUT2D eigenvalue weighted by Crippen LogP contribution is 2.22. The van der Waals surface area contributed by atoms with E-state index in [1.165, 1.54) is 16.7 Å². The Hall–Kier alpha value is -1.30. The molecule has 0 aromatic carbocycles. The molecule has 0 saturated heterocycles. The first-order chi connectivity index (χ1) is 6.36. The van der Waals surface area contributed by atoms with Crippen molar-refractivity contribution in [2.45, 2.75) is 13.3 Å². The van der Waals surface area contributed by atoms with Crippen LogP contribution in [0.2, 0.25) is 0 Å². The van der Waals surface area contributed by atoms with Gasteiger partial charge in [0.15, 0.2) is 0 Å². The average Bonchev–Trinajstić information content (AvgIpc) is 2.20. The van der Waals surface area contributed by atoms with Crippen molar-refractivity contribution in [2.75, 3.05) is 0 Å². The molecule has 0 bridgehead atoms. The summed E-state index contributed by atoms with van der Waals surface area (Å²) in [5.74, 6) is 0. The average molecular weight is 169 g/mol. The molecule has 0 aromatic rings. The van der Waals surface area contributed by atoms with Crippen LogP contribution in [0.4, 0.5) is 0 Å². The van der Waals surface area contributed by atoms with E-state index in [1.54, 1.807) is 0 Å². The first kappa shape index (κ1) is 8.31. The summed E-state index contributed by atoms with van der Waals surface area (Å²) in [7, 11) is 0. The van der Waals surface area contributed by atoms with Crippen molar-refractivity contribution in [1.29, 1.82) is 0 Å². The van der Waals surface area contributed by atoms with Crippen LogP contribution < -0.4 is 0 Å². The topological polar surface area (TPSA) is 0 Å². The smallest absolute Gasteiger partial charge is 0.0130 e. The Bertz CT molecular complexity index is 346. The molecule has 1 radical (unpaired) electrons. The van der Waals surface area contributed by atoms with Crippen molar-refractivity contribution in [2.24, 2.45) is 0 Å². The third-order valence-electron chi connectivity index (χ3n) is 2.30. The van der Waals surface area contributed by atoms with E-state index in [9.17, 15) is 0 Å². The van der Waals surface area contributed by atoms with Gasteiger partial charge >= 0.3 is 0 Å². The number of hydrogen-bond acceptors (Lipinski definition) is 0. The molecule has 0 amide bonds. The standard InChI is InChI=1S/C13H13/c1-11-7-9-13(10-8-11)12-5-3-2-4-6-12/h2-5,7-10H,6H2,1H3. The third-order valence-corrected chi connectivity index (χ3v) is 2.30. The number of allylic oxidation sites excluding steroid dienone is 10. The van der Waals surface area contributed by atoms with Crippen molar-refractivity contribution < 1.29 is 0 Å². The Morgan fingerprint density at radius 1 is 1.08 bits per heavy atom. The fourth-order valence-corrected chi connectivity index (χ4v) is 1.50. The van der Waals surface area contributed by atoms with E-state index >= 15 is 0 Å². The molecule has 2 aliphatic rings. The molecule has 65 valence electrons. The summed E-state index contributed by atoms with van der Waals surface area (Å²) in [6.07, 6.45) is 18.3. The molecule has 0 heteroatoms. The molecule has 0 saturated carbocycles.